The molecule has 2 fully saturated rings. The van der Waals surface area contributed by atoms with Crippen LogP contribution in [0, 0.1) is 37.5 Å². The first-order chi connectivity index (χ1) is 19.7. The number of benzene rings is 3. The Morgan fingerprint density at radius 3 is 2.29 bits per heavy atom. The molecule has 5 rings (SSSR count). The quantitative estimate of drug-likeness (QED) is 0.299. The average molecular weight is 555 g/mol. The zero-order chi connectivity index (χ0) is 29.1. The summed E-state index contributed by atoms with van der Waals surface area (Å²) in [5.74, 6) is -1.97. The van der Waals surface area contributed by atoms with E-state index in [1.807, 2.05) is 61.5 Å². The molecule has 6 atom stereocenters. The highest BCUT2D eigenvalue weighted by Crippen LogP contribution is 2.53. The normalized spacial score (nSPS) is 22.6. The molecule has 2 amide bonds. The molecule has 7 heteroatoms. The maximum Gasteiger partial charge on any atom is 0.252 e. The molecule has 41 heavy (non-hydrogen) atoms. The molecule has 0 saturated heterocycles. The summed E-state index contributed by atoms with van der Waals surface area (Å²) in [5, 5.41) is 27.6. The number of hydrogen-bond acceptors (Lipinski definition) is 5. The van der Waals surface area contributed by atoms with Gasteiger partial charge < -0.3 is 20.8 Å². The van der Waals surface area contributed by atoms with Crippen molar-refractivity contribution >= 4 is 17.6 Å². The maximum absolute atomic E-state index is 14.0. The highest BCUT2D eigenvalue weighted by molar-refractivity contribution is 5.98. The number of fused-ring (bicyclic) bond motifs is 2. The summed E-state index contributed by atoms with van der Waals surface area (Å²) in [6, 6.07) is 21.0. The van der Waals surface area contributed by atoms with Crippen LogP contribution in [0.4, 0.5) is 0 Å². The standard InChI is InChI=1S/C34H38N2O5/c1-20-9-6-7-12-25(20)19-35-34(41)30-24-16-15-23(18-24)29(30)32(39)31(38)27(17-22-10-4-3-5-11-22)36-33(40)26-13-8-14-28(37)21(26)2/h3-14,23-24,27,29-31,37-38H,15-19H2,1-2H3,(H,35,41)(H,36,40). The number of aromatic hydroxyl groups is 1. The van der Waals surface area contributed by atoms with E-state index in [0.717, 1.165) is 36.0 Å². The van der Waals surface area contributed by atoms with Gasteiger partial charge in [0.1, 0.15) is 11.9 Å². The Hall–Kier alpha value is -3.97. The van der Waals surface area contributed by atoms with E-state index in [4.69, 9.17) is 0 Å². The van der Waals surface area contributed by atoms with Gasteiger partial charge in [0, 0.05) is 23.6 Å². The van der Waals surface area contributed by atoms with Gasteiger partial charge in [-0.25, -0.2) is 0 Å². The third-order valence-electron chi connectivity index (χ3n) is 9.10. The van der Waals surface area contributed by atoms with Gasteiger partial charge in [0.25, 0.3) is 5.91 Å². The van der Waals surface area contributed by atoms with Crippen LogP contribution >= 0.6 is 0 Å². The molecule has 0 spiro atoms. The maximum atomic E-state index is 14.0. The van der Waals surface area contributed by atoms with Gasteiger partial charge in [0.15, 0.2) is 5.78 Å². The van der Waals surface area contributed by atoms with Crippen LogP contribution in [0.1, 0.15) is 51.9 Å². The summed E-state index contributed by atoms with van der Waals surface area (Å²) in [5.41, 5.74) is 3.67. The average Bonchev–Trinajstić information content (AvgIpc) is 3.60. The topological polar surface area (TPSA) is 116 Å². The molecule has 2 aliphatic carbocycles. The number of aryl methyl sites for hydroxylation is 1. The number of ketones is 1. The van der Waals surface area contributed by atoms with Crippen molar-refractivity contribution in [2.24, 2.45) is 23.7 Å². The summed E-state index contributed by atoms with van der Waals surface area (Å²) in [6.07, 6.45) is 1.29. The fraction of sp³-hybridized carbons (Fsp3) is 0.382. The molecule has 2 saturated carbocycles. The third-order valence-corrected chi connectivity index (χ3v) is 9.10. The predicted octanol–water partition coefficient (Wildman–Crippen LogP) is 4.26. The first-order valence-corrected chi connectivity index (χ1v) is 14.4. The molecule has 214 valence electrons. The molecule has 6 unspecified atom stereocenters. The highest BCUT2D eigenvalue weighted by atomic mass is 16.3. The van der Waals surface area contributed by atoms with Crippen LogP contribution in [0.3, 0.4) is 0 Å². The van der Waals surface area contributed by atoms with Gasteiger partial charge in [0.05, 0.1) is 12.0 Å². The first kappa shape index (κ1) is 28.6. The fourth-order valence-corrected chi connectivity index (χ4v) is 6.81. The van der Waals surface area contributed by atoms with Crippen LogP contribution in [0.2, 0.25) is 0 Å². The molecule has 7 nitrogen and oxygen atoms in total. The van der Waals surface area contributed by atoms with Gasteiger partial charge in [-0.2, -0.15) is 0 Å². The molecule has 2 aliphatic rings. The lowest BCUT2D eigenvalue weighted by Crippen LogP contribution is -2.52. The van der Waals surface area contributed by atoms with Gasteiger partial charge >= 0.3 is 0 Å². The largest absolute Gasteiger partial charge is 0.508 e. The highest BCUT2D eigenvalue weighted by Gasteiger charge is 2.55. The second kappa shape index (κ2) is 12.3. The van der Waals surface area contributed by atoms with Crippen molar-refractivity contribution < 1.29 is 24.6 Å². The molecule has 0 aliphatic heterocycles. The zero-order valence-corrected chi connectivity index (χ0v) is 23.5. The summed E-state index contributed by atoms with van der Waals surface area (Å²) in [6.45, 7) is 4.04. The van der Waals surface area contributed by atoms with Crippen LogP contribution in [-0.4, -0.2) is 40.0 Å². The Balaban J connectivity index is 1.36. The molecule has 2 bridgehead atoms. The smallest absolute Gasteiger partial charge is 0.252 e. The number of phenols is 1. The number of carbonyl (C=O) groups is 3. The molecule has 4 N–H and O–H groups in total. The lowest BCUT2D eigenvalue weighted by atomic mass is 9.74. The molecule has 0 aromatic heterocycles. The minimum atomic E-state index is -1.49. The Kier molecular flexibility index (Phi) is 8.54. The summed E-state index contributed by atoms with van der Waals surface area (Å²) < 4.78 is 0. The van der Waals surface area contributed by atoms with E-state index in [9.17, 15) is 24.6 Å². The third kappa shape index (κ3) is 6.05. The van der Waals surface area contributed by atoms with Gasteiger partial charge in [-0.1, -0.05) is 60.7 Å². The summed E-state index contributed by atoms with van der Waals surface area (Å²) >= 11 is 0. The van der Waals surface area contributed by atoms with Crippen molar-refractivity contribution in [3.8, 4) is 5.75 Å². The number of rotatable bonds is 10. The molecule has 3 aromatic carbocycles. The molecular weight excluding hydrogens is 516 g/mol. The second-order valence-corrected chi connectivity index (χ2v) is 11.6. The Morgan fingerprint density at radius 1 is 0.878 bits per heavy atom. The van der Waals surface area contributed by atoms with E-state index in [1.165, 1.54) is 6.07 Å². The van der Waals surface area contributed by atoms with Gasteiger partial charge in [-0.3, -0.25) is 14.4 Å². The van der Waals surface area contributed by atoms with E-state index < -0.39 is 29.9 Å². The fourth-order valence-electron chi connectivity index (χ4n) is 6.81. The van der Waals surface area contributed by atoms with E-state index >= 15 is 0 Å². The number of carbonyl (C=O) groups excluding carboxylic acids is 3. The number of amides is 2. The number of aliphatic hydroxyl groups is 1. The number of Topliss-reactive ketones (excluding diaryl/α,β-unsaturated/α-hetero) is 1. The van der Waals surface area contributed by atoms with Gasteiger partial charge in [-0.05, 0) is 80.2 Å². The Labute approximate surface area is 241 Å². The first-order valence-electron chi connectivity index (χ1n) is 14.4. The molecule has 0 radical (unpaired) electrons. The van der Waals surface area contributed by atoms with Crippen LogP contribution < -0.4 is 10.6 Å². The van der Waals surface area contributed by atoms with Crippen LogP contribution in [0.15, 0.2) is 72.8 Å². The van der Waals surface area contributed by atoms with Crippen molar-refractivity contribution in [2.45, 2.75) is 58.2 Å². The number of hydrogen-bond donors (Lipinski definition) is 4. The van der Waals surface area contributed by atoms with E-state index in [0.29, 0.717) is 12.1 Å². The molecular formula is C34H38N2O5. The number of phenolic OH excluding ortho intramolecular Hbond substituents is 1. The zero-order valence-electron chi connectivity index (χ0n) is 23.5. The monoisotopic (exact) mass is 554 g/mol. The van der Waals surface area contributed by atoms with E-state index in [2.05, 4.69) is 10.6 Å². The van der Waals surface area contributed by atoms with Crippen molar-refractivity contribution in [1.29, 1.82) is 0 Å². The predicted molar refractivity (Wildman–Crippen MR) is 156 cm³/mol. The number of aliphatic hydroxyl groups excluding tert-OH is 1. The molecule has 3 aromatic rings. The second-order valence-electron chi connectivity index (χ2n) is 11.6. The minimum absolute atomic E-state index is 0.00424. The van der Waals surface area contributed by atoms with Crippen molar-refractivity contribution in [3.05, 3.63) is 101 Å². The van der Waals surface area contributed by atoms with Gasteiger partial charge in [-0.15, -0.1) is 0 Å². The molecule has 0 heterocycles. The minimum Gasteiger partial charge on any atom is -0.508 e. The SMILES string of the molecule is Cc1ccccc1CNC(=O)C1C2CCC(C2)C1C(=O)C(O)C(Cc1ccccc1)NC(=O)c1cccc(O)c1C. The van der Waals surface area contributed by atoms with Crippen molar-refractivity contribution in [2.75, 3.05) is 0 Å². The lowest BCUT2D eigenvalue weighted by molar-refractivity contribution is -0.141. The van der Waals surface area contributed by atoms with E-state index in [1.54, 1.807) is 19.1 Å². The lowest BCUT2D eigenvalue weighted by Gasteiger charge is -2.33. The number of nitrogens with one attached hydrogen (secondary N) is 2. The van der Waals surface area contributed by atoms with E-state index in [-0.39, 0.29) is 41.3 Å². The van der Waals surface area contributed by atoms with Crippen LogP contribution in [-0.2, 0) is 22.6 Å². The van der Waals surface area contributed by atoms with Crippen LogP contribution in [0.25, 0.3) is 0 Å². The summed E-state index contributed by atoms with van der Waals surface area (Å²) in [4.78, 5) is 40.8. The van der Waals surface area contributed by atoms with Gasteiger partial charge in [0.2, 0.25) is 5.91 Å². The Bertz CT molecular complexity index is 1420. The summed E-state index contributed by atoms with van der Waals surface area (Å²) in [7, 11) is 0. The van der Waals surface area contributed by atoms with Crippen LogP contribution in [0.5, 0.6) is 5.75 Å². The Morgan fingerprint density at radius 2 is 1.56 bits per heavy atom. The van der Waals surface area contributed by atoms with Crippen molar-refractivity contribution in [1.82, 2.24) is 10.6 Å². The van der Waals surface area contributed by atoms with Crippen molar-refractivity contribution in [3.63, 3.8) is 0 Å².